The molecule has 0 radical (unpaired) electrons. The molecule has 2 fully saturated rings. The zero-order valence-electron chi connectivity index (χ0n) is 16.1. The number of hydrogen-bond donors (Lipinski definition) is 3. The van der Waals surface area contributed by atoms with Gasteiger partial charge in [-0.2, -0.15) is 4.98 Å². The molecule has 3 N–H and O–H groups in total. The lowest BCUT2D eigenvalue weighted by atomic mass is 9.95. The van der Waals surface area contributed by atoms with E-state index in [2.05, 4.69) is 20.5 Å². The van der Waals surface area contributed by atoms with Crippen LogP contribution in [-0.2, 0) is 4.74 Å². The Morgan fingerprint density at radius 1 is 1.18 bits per heavy atom. The smallest absolute Gasteiger partial charge is 0.319 e. The average molecular weight is 388 g/mol. The Bertz CT molecular complexity index is 808. The number of aromatic nitrogens is 1. The number of morpholine rings is 1. The standard InChI is InChI=1S/C20H28N4O4/c25-18(21-14-20(26)7-3-1-2-4-8-20)22-15-5-6-16-17(13-15)28-19(23-16)24-9-11-27-12-10-24/h5-6,13,26H,1-4,7-12,14H2,(H2,21,22,25). The van der Waals surface area contributed by atoms with Crippen molar-refractivity contribution in [2.45, 2.75) is 44.1 Å². The average Bonchev–Trinajstić information content (AvgIpc) is 3.01. The zero-order chi connectivity index (χ0) is 19.4. The van der Waals surface area contributed by atoms with E-state index >= 15 is 0 Å². The normalized spacial score (nSPS) is 20.0. The van der Waals surface area contributed by atoms with Crippen molar-refractivity contribution < 1.29 is 19.1 Å². The number of oxazole rings is 1. The number of aliphatic hydroxyl groups is 1. The molecule has 152 valence electrons. The maximum Gasteiger partial charge on any atom is 0.319 e. The van der Waals surface area contributed by atoms with Gasteiger partial charge in [-0.15, -0.1) is 0 Å². The summed E-state index contributed by atoms with van der Waals surface area (Å²) < 4.78 is 11.2. The number of fused-ring (bicyclic) bond motifs is 1. The fourth-order valence-corrected chi connectivity index (χ4v) is 3.86. The second-order valence-corrected chi connectivity index (χ2v) is 7.72. The molecule has 4 rings (SSSR count). The van der Waals surface area contributed by atoms with E-state index in [4.69, 9.17) is 9.15 Å². The second-order valence-electron chi connectivity index (χ2n) is 7.72. The van der Waals surface area contributed by atoms with Crippen LogP contribution < -0.4 is 15.5 Å². The van der Waals surface area contributed by atoms with Crippen LogP contribution in [-0.4, -0.2) is 54.6 Å². The van der Waals surface area contributed by atoms with Crippen LogP contribution in [0.5, 0.6) is 0 Å². The second kappa shape index (κ2) is 8.36. The summed E-state index contributed by atoms with van der Waals surface area (Å²) in [4.78, 5) is 18.8. The highest BCUT2D eigenvalue weighted by molar-refractivity contribution is 5.91. The molecule has 2 amide bonds. The van der Waals surface area contributed by atoms with Crippen LogP contribution in [0.2, 0.25) is 0 Å². The number of carbonyl (C=O) groups excluding carboxylic acids is 1. The number of benzene rings is 1. The van der Waals surface area contributed by atoms with Gasteiger partial charge in [0, 0.05) is 31.4 Å². The Labute approximate surface area is 164 Å². The third-order valence-electron chi connectivity index (χ3n) is 5.53. The van der Waals surface area contributed by atoms with Gasteiger partial charge in [0.1, 0.15) is 5.52 Å². The number of rotatable bonds is 4. The minimum Gasteiger partial charge on any atom is -0.423 e. The van der Waals surface area contributed by atoms with E-state index in [1.807, 2.05) is 6.07 Å². The first-order valence-electron chi connectivity index (χ1n) is 10.1. The quantitative estimate of drug-likeness (QED) is 0.697. The lowest BCUT2D eigenvalue weighted by Crippen LogP contribution is -2.44. The molecule has 1 saturated carbocycles. The lowest BCUT2D eigenvalue weighted by molar-refractivity contribution is 0.0281. The molecule has 0 atom stereocenters. The highest BCUT2D eigenvalue weighted by Crippen LogP contribution is 2.27. The molecule has 0 spiro atoms. The number of ether oxygens (including phenoxy) is 1. The first-order chi connectivity index (χ1) is 13.6. The molecular formula is C20H28N4O4. The first kappa shape index (κ1) is 19.0. The molecule has 2 aliphatic rings. The third kappa shape index (κ3) is 4.56. The van der Waals surface area contributed by atoms with Gasteiger partial charge in [-0.25, -0.2) is 4.79 Å². The van der Waals surface area contributed by atoms with Crippen molar-refractivity contribution in [1.29, 1.82) is 0 Å². The van der Waals surface area contributed by atoms with Gasteiger partial charge in [-0.1, -0.05) is 25.7 Å². The number of nitrogens with zero attached hydrogens (tertiary/aromatic N) is 2. The molecular weight excluding hydrogens is 360 g/mol. The van der Waals surface area contributed by atoms with E-state index in [9.17, 15) is 9.90 Å². The van der Waals surface area contributed by atoms with Gasteiger partial charge in [0.2, 0.25) is 0 Å². The van der Waals surface area contributed by atoms with Gasteiger partial charge in [0.25, 0.3) is 6.01 Å². The lowest BCUT2D eigenvalue weighted by Gasteiger charge is -2.26. The van der Waals surface area contributed by atoms with Crippen LogP contribution in [0.25, 0.3) is 11.1 Å². The number of nitrogens with one attached hydrogen (secondary N) is 2. The Morgan fingerprint density at radius 2 is 1.93 bits per heavy atom. The topological polar surface area (TPSA) is 99.9 Å². The maximum absolute atomic E-state index is 12.3. The summed E-state index contributed by atoms with van der Waals surface area (Å²) in [5, 5.41) is 16.3. The molecule has 1 aliphatic heterocycles. The number of hydrogen-bond acceptors (Lipinski definition) is 6. The summed E-state index contributed by atoms with van der Waals surface area (Å²) in [5.41, 5.74) is 1.21. The molecule has 2 heterocycles. The van der Waals surface area contributed by atoms with E-state index in [1.165, 1.54) is 0 Å². The minimum absolute atomic E-state index is 0.268. The minimum atomic E-state index is -0.796. The van der Waals surface area contributed by atoms with Crippen molar-refractivity contribution >= 4 is 28.8 Å². The van der Waals surface area contributed by atoms with E-state index < -0.39 is 5.60 Å². The molecule has 1 aromatic heterocycles. The molecule has 0 unspecified atom stereocenters. The SMILES string of the molecule is O=C(NCC1(O)CCCCCC1)Nc1ccc2nc(N3CCOCC3)oc2c1. The number of urea groups is 1. The Hall–Kier alpha value is -2.32. The summed E-state index contributed by atoms with van der Waals surface area (Å²) in [6.45, 7) is 3.10. The van der Waals surface area contributed by atoms with Crippen LogP contribution in [0.1, 0.15) is 38.5 Å². The van der Waals surface area contributed by atoms with Crippen molar-refractivity contribution in [3.63, 3.8) is 0 Å². The van der Waals surface area contributed by atoms with Crippen LogP contribution in [0, 0.1) is 0 Å². The van der Waals surface area contributed by atoms with Crippen LogP contribution in [0.15, 0.2) is 22.6 Å². The van der Waals surface area contributed by atoms with E-state index in [-0.39, 0.29) is 12.6 Å². The monoisotopic (exact) mass is 388 g/mol. The van der Waals surface area contributed by atoms with Crippen molar-refractivity contribution in [2.24, 2.45) is 0 Å². The Balaban J connectivity index is 1.36. The predicted molar refractivity (Wildman–Crippen MR) is 107 cm³/mol. The van der Waals surface area contributed by atoms with Gasteiger partial charge >= 0.3 is 6.03 Å². The van der Waals surface area contributed by atoms with Crippen LogP contribution >= 0.6 is 0 Å². The van der Waals surface area contributed by atoms with Crippen molar-refractivity contribution in [1.82, 2.24) is 10.3 Å². The number of carbonyl (C=O) groups is 1. The zero-order valence-corrected chi connectivity index (χ0v) is 16.1. The van der Waals surface area contributed by atoms with Crippen LogP contribution in [0.4, 0.5) is 16.5 Å². The molecule has 28 heavy (non-hydrogen) atoms. The van der Waals surface area contributed by atoms with E-state index in [0.717, 1.165) is 57.1 Å². The highest BCUT2D eigenvalue weighted by Gasteiger charge is 2.28. The molecule has 1 aliphatic carbocycles. The van der Waals surface area contributed by atoms with E-state index in [0.29, 0.717) is 30.5 Å². The summed E-state index contributed by atoms with van der Waals surface area (Å²) in [6, 6.07) is 5.65. The molecule has 2 aromatic rings. The summed E-state index contributed by atoms with van der Waals surface area (Å²) in [7, 11) is 0. The van der Waals surface area contributed by atoms with Gasteiger partial charge in [-0.05, 0) is 25.0 Å². The Morgan fingerprint density at radius 3 is 2.68 bits per heavy atom. The molecule has 8 heteroatoms. The molecule has 1 saturated heterocycles. The molecule has 1 aromatic carbocycles. The van der Waals surface area contributed by atoms with Gasteiger partial charge in [0.15, 0.2) is 5.58 Å². The maximum atomic E-state index is 12.3. The fraction of sp³-hybridized carbons (Fsp3) is 0.600. The molecule has 8 nitrogen and oxygen atoms in total. The first-order valence-corrected chi connectivity index (χ1v) is 10.1. The van der Waals surface area contributed by atoms with Gasteiger partial charge in [0.05, 0.1) is 18.8 Å². The highest BCUT2D eigenvalue weighted by atomic mass is 16.5. The van der Waals surface area contributed by atoms with Gasteiger partial charge in [-0.3, -0.25) is 0 Å². The van der Waals surface area contributed by atoms with Crippen molar-refractivity contribution in [3.8, 4) is 0 Å². The summed E-state index contributed by atoms with van der Waals surface area (Å²) >= 11 is 0. The van der Waals surface area contributed by atoms with E-state index in [1.54, 1.807) is 12.1 Å². The van der Waals surface area contributed by atoms with Gasteiger partial charge < -0.3 is 29.8 Å². The largest absolute Gasteiger partial charge is 0.423 e. The predicted octanol–water partition coefficient (Wildman–Crippen LogP) is 2.87. The van der Waals surface area contributed by atoms with Crippen molar-refractivity contribution in [3.05, 3.63) is 18.2 Å². The summed E-state index contributed by atoms with van der Waals surface area (Å²) in [6.07, 6.45) is 5.79. The third-order valence-corrected chi connectivity index (χ3v) is 5.53. The summed E-state index contributed by atoms with van der Waals surface area (Å²) in [5.74, 6) is 0. The number of amides is 2. The van der Waals surface area contributed by atoms with Crippen molar-refractivity contribution in [2.75, 3.05) is 43.1 Å². The molecule has 0 bridgehead atoms. The number of anilines is 2. The Kier molecular flexibility index (Phi) is 5.68. The van der Waals surface area contributed by atoms with Crippen LogP contribution in [0.3, 0.4) is 0 Å². The fourth-order valence-electron chi connectivity index (χ4n) is 3.86.